The van der Waals surface area contributed by atoms with Gasteiger partial charge in [0, 0.05) is 25.9 Å². The molecule has 1 aliphatic heterocycles. The second-order valence-electron chi connectivity index (χ2n) is 7.46. The second-order valence-corrected chi connectivity index (χ2v) is 9.64. The number of hydrogen-bond donors (Lipinski definition) is 1. The second kappa shape index (κ2) is 7.36. The number of amides is 2. The smallest absolute Gasteiger partial charge is 0.317 e. The molecule has 1 aromatic rings. The van der Waals surface area contributed by atoms with Crippen LogP contribution in [0.5, 0.6) is 0 Å². The van der Waals surface area contributed by atoms with Gasteiger partial charge in [-0.2, -0.15) is 0 Å². The van der Waals surface area contributed by atoms with E-state index in [4.69, 9.17) is 0 Å². The lowest BCUT2D eigenvalue weighted by atomic mass is 9.89. The zero-order chi connectivity index (χ0) is 18.9. The molecule has 0 radical (unpaired) electrons. The number of rotatable bonds is 4. The monoisotopic (exact) mass is 366 g/mol. The molecule has 140 valence electrons. The van der Waals surface area contributed by atoms with Crippen LogP contribution in [0.2, 0.25) is 0 Å². The molecule has 0 bridgehead atoms. The first-order chi connectivity index (χ1) is 11.5. The van der Waals surface area contributed by atoms with Crippen molar-refractivity contribution in [2.24, 2.45) is 5.92 Å². The number of benzene rings is 1. The van der Waals surface area contributed by atoms with Crippen molar-refractivity contribution in [2.75, 3.05) is 25.1 Å². The predicted molar refractivity (Wildman–Crippen MR) is 102 cm³/mol. The summed E-state index contributed by atoms with van der Waals surface area (Å²) in [7, 11) is -3.00. The first kappa shape index (κ1) is 19.8. The number of carbonyl (C=O) groups is 1. The van der Waals surface area contributed by atoms with Crippen molar-refractivity contribution in [3.05, 3.63) is 33.4 Å². The van der Waals surface area contributed by atoms with Gasteiger partial charge in [0.05, 0.1) is 5.75 Å². The van der Waals surface area contributed by atoms with Crippen LogP contribution < -0.4 is 5.32 Å². The summed E-state index contributed by atoms with van der Waals surface area (Å²) in [6, 6.07) is -0.106. The van der Waals surface area contributed by atoms with Gasteiger partial charge in [0.25, 0.3) is 0 Å². The molecule has 6 heteroatoms. The summed E-state index contributed by atoms with van der Waals surface area (Å²) in [5, 5.41) is 3.02. The maximum atomic E-state index is 12.5. The maximum absolute atomic E-state index is 12.5. The Hall–Kier alpha value is -1.56. The molecule has 0 aliphatic carbocycles. The van der Waals surface area contributed by atoms with Gasteiger partial charge in [-0.15, -0.1) is 0 Å². The summed E-state index contributed by atoms with van der Waals surface area (Å²) in [5.41, 5.74) is 7.52. The Morgan fingerprint density at radius 2 is 1.56 bits per heavy atom. The van der Waals surface area contributed by atoms with E-state index in [0.717, 1.165) is 6.42 Å². The summed E-state index contributed by atoms with van der Waals surface area (Å²) < 4.78 is 22.8. The van der Waals surface area contributed by atoms with Gasteiger partial charge in [-0.1, -0.05) is 0 Å². The van der Waals surface area contributed by atoms with Gasteiger partial charge in [0.1, 0.15) is 9.84 Å². The van der Waals surface area contributed by atoms with Crippen LogP contribution >= 0.6 is 0 Å². The normalized spacial score (nSPS) is 17.8. The highest BCUT2D eigenvalue weighted by Gasteiger charge is 2.28. The van der Waals surface area contributed by atoms with E-state index in [1.54, 1.807) is 4.90 Å². The molecule has 0 saturated carbocycles. The molecule has 1 fully saturated rings. The van der Waals surface area contributed by atoms with Crippen LogP contribution in [0.15, 0.2) is 0 Å². The molecule has 1 N–H and O–H groups in total. The zero-order valence-electron chi connectivity index (χ0n) is 16.2. The Kier molecular flexibility index (Phi) is 5.82. The molecule has 5 nitrogen and oxygen atoms in total. The lowest BCUT2D eigenvalue weighted by molar-refractivity contribution is 0.207. The molecule has 0 spiro atoms. The lowest BCUT2D eigenvalue weighted by Gasteiger charge is -2.21. The number of likely N-dealkylation sites (tertiary alicyclic amines) is 1. The molecule has 25 heavy (non-hydrogen) atoms. The maximum Gasteiger partial charge on any atom is 0.317 e. The third-order valence-electron chi connectivity index (χ3n) is 5.68. The van der Waals surface area contributed by atoms with E-state index in [1.807, 2.05) is 0 Å². The predicted octanol–water partition coefficient (Wildman–Crippen LogP) is 2.80. The molecule has 0 aromatic heterocycles. The van der Waals surface area contributed by atoms with E-state index >= 15 is 0 Å². The fourth-order valence-electron chi connectivity index (χ4n) is 3.70. The van der Waals surface area contributed by atoms with Crippen molar-refractivity contribution in [3.63, 3.8) is 0 Å². The van der Waals surface area contributed by atoms with E-state index in [0.29, 0.717) is 19.6 Å². The van der Waals surface area contributed by atoms with Crippen LogP contribution in [-0.4, -0.2) is 44.4 Å². The third-order valence-corrected chi connectivity index (χ3v) is 6.76. The van der Waals surface area contributed by atoms with Crippen LogP contribution in [0, 0.1) is 40.5 Å². The Labute approximate surface area is 151 Å². The van der Waals surface area contributed by atoms with Crippen LogP contribution in [0.25, 0.3) is 0 Å². The minimum absolute atomic E-state index is 0.0492. The summed E-state index contributed by atoms with van der Waals surface area (Å²) in [6.07, 6.45) is 2.00. The molecular formula is C19H30N2O3S. The standard InChI is InChI=1S/C19H30N2O3S/c1-12-13(2)15(4)18(16(5)14(12)3)9-20-19(22)21-8-7-17(10-21)11-25(6,23)24/h17H,7-11H2,1-6H3,(H,20,22). The summed E-state index contributed by atoms with van der Waals surface area (Å²) in [6.45, 7) is 12.2. The van der Waals surface area contributed by atoms with Crippen molar-refractivity contribution >= 4 is 15.9 Å². The van der Waals surface area contributed by atoms with Crippen molar-refractivity contribution in [2.45, 2.75) is 47.6 Å². The van der Waals surface area contributed by atoms with Gasteiger partial charge in [-0.05, 0) is 80.3 Å². The average molecular weight is 367 g/mol. The summed E-state index contributed by atoms with van der Waals surface area (Å²) in [4.78, 5) is 14.2. The van der Waals surface area contributed by atoms with E-state index < -0.39 is 9.84 Å². The van der Waals surface area contributed by atoms with Gasteiger partial charge in [0.15, 0.2) is 0 Å². The molecule has 2 amide bonds. The number of nitrogens with zero attached hydrogens (tertiary/aromatic N) is 1. The van der Waals surface area contributed by atoms with Crippen molar-refractivity contribution in [3.8, 4) is 0 Å². The quantitative estimate of drug-likeness (QED) is 0.891. The van der Waals surface area contributed by atoms with Gasteiger partial charge in [0.2, 0.25) is 0 Å². The SMILES string of the molecule is Cc1c(C)c(C)c(CNC(=O)N2CCC(CS(C)(=O)=O)C2)c(C)c1C. The van der Waals surface area contributed by atoms with E-state index in [-0.39, 0.29) is 17.7 Å². The molecule has 1 aliphatic rings. The minimum Gasteiger partial charge on any atom is -0.334 e. The zero-order valence-corrected chi connectivity index (χ0v) is 17.0. The number of nitrogens with one attached hydrogen (secondary N) is 1. The van der Waals surface area contributed by atoms with Crippen LogP contribution in [0.1, 0.15) is 39.8 Å². The number of hydrogen-bond acceptors (Lipinski definition) is 3. The van der Waals surface area contributed by atoms with E-state index in [9.17, 15) is 13.2 Å². The molecule has 1 atom stereocenters. The first-order valence-corrected chi connectivity index (χ1v) is 10.8. The molecular weight excluding hydrogens is 336 g/mol. The largest absolute Gasteiger partial charge is 0.334 e. The highest BCUT2D eigenvalue weighted by Crippen LogP contribution is 2.26. The molecule has 2 rings (SSSR count). The molecule has 1 aromatic carbocycles. The Morgan fingerprint density at radius 3 is 2.08 bits per heavy atom. The van der Waals surface area contributed by atoms with Gasteiger partial charge < -0.3 is 10.2 Å². The third kappa shape index (κ3) is 4.54. The van der Waals surface area contributed by atoms with Crippen LogP contribution in [0.3, 0.4) is 0 Å². The van der Waals surface area contributed by atoms with Gasteiger partial charge >= 0.3 is 6.03 Å². The molecule has 1 saturated heterocycles. The number of carbonyl (C=O) groups excluding carboxylic acids is 1. The topological polar surface area (TPSA) is 66.5 Å². The molecule has 1 unspecified atom stereocenters. The number of urea groups is 1. The van der Waals surface area contributed by atoms with E-state index in [1.165, 1.54) is 39.6 Å². The summed E-state index contributed by atoms with van der Waals surface area (Å²) >= 11 is 0. The minimum atomic E-state index is -3.00. The summed E-state index contributed by atoms with van der Waals surface area (Å²) in [5.74, 6) is 0.207. The van der Waals surface area contributed by atoms with Crippen LogP contribution in [0.4, 0.5) is 4.79 Å². The van der Waals surface area contributed by atoms with Crippen molar-refractivity contribution in [1.29, 1.82) is 0 Å². The van der Waals surface area contributed by atoms with Crippen LogP contribution in [-0.2, 0) is 16.4 Å². The van der Waals surface area contributed by atoms with Gasteiger partial charge in [-0.25, -0.2) is 13.2 Å². The van der Waals surface area contributed by atoms with E-state index in [2.05, 4.69) is 39.9 Å². The fourth-order valence-corrected chi connectivity index (χ4v) is 4.83. The Balaban J connectivity index is 2.02. The average Bonchev–Trinajstić information content (AvgIpc) is 2.97. The van der Waals surface area contributed by atoms with Crippen molar-refractivity contribution < 1.29 is 13.2 Å². The van der Waals surface area contributed by atoms with Crippen molar-refractivity contribution in [1.82, 2.24) is 10.2 Å². The highest BCUT2D eigenvalue weighted by molar-refractivity contribution is 7.90. The highest BCUT2D eigenvalue weighted by atomic mass is 32.2. The number of sulfone groups is 1. The lowest BCUT2D eigenvalue weighted by Crippen LogP contribution is -2.38. The van der Waals surface area contributed by atoms with Gasteiger partial charge in [-0.3, -0.25) is 0 Å². The first-order valence-electron chi connectivity index (χ1n) is 8.77. The Bertz CT molecular complexity index is 755. The molecule has 1 heterocycles. The Morgan fingerprint density at radius 1 is 1.04 bits per heavy atom. The fraction of sp³-hybridized carbons (Fsp3) is 0.632.